The van der Waals surface area contributed by atoms with E-state index < -0.39 is 0 Å². The van der Waals surface area contributed by atoms with Gasteiger partial charge in [0.25, 0.3) is 0 Å². The SMILES string of the molecule is CCOCCCN=C(NN)Nc1ccc2c(c1)OCO2. The highest BCUT2D eigenvalue weighted by Gasteiger charge is 2.13. The van der Waals surface area contributed by atoms with Gasteiger partial charge in [0.15, 0.2) is 11.5 Å². The summed E-state index contributed by atoms with van der Waals surface area (Å²) >= 11 is 0. The van der Waals surface area contributed by atoms with Crippen molar-refractivity contribution in [2.75, 3.05) is 31.9 Å². The van der Waals surface area contributed by atoms with Gasteiger partial charge in [-0.3, -0.25) is 10.4 Å². The zero-order valence-electron chi connectivity index (χ0n) is 11.5. The summed E-state index contributed by atoms with van der Waals surface area (Å²) in [7, 11) is 0. The minimum absolute atomic E-state index is 0.256. The number of guanidine groups is 1. The number of aliphatic imine (C=N–C) groups is 1. The van der Waals surface area contributed by atoms with Gasteiger partial charge < -0.3 is 19.5 Å². The molecule has 1 aliphatic heterocycles. The molecule has 0 bridgehead atoms. The molecular formula is C13H20N4O3. The molecule has 1 aliphatic rings. The summed E-state index contributed by atoms with van der Waals surface area (Å²) in [5, 5.41) is 3.09. The van der Waals surface area contributed by atoms with Crippen LogP contribution >= 0.6 is 0 Å². The Bertz CT molecular complexity index is 465. The van der Waals surface area contributed by atoms with Gasteiger partial charge in [0.2, 0.25) is 12.8 Å². The second-order valence-electron chi connectivity index (χ2n) is 4.12. The summed E-state index contributed by atoms with van der Waals surface area (Å²) in [6, 6.07) is 5.56. The van der Waals surface area contributed by atoms with Crippen molar-refractivity contribution < 1.29 is 14.2 Å². The van der Waals surface area contributed by atoms with E-state index in [2.05, 4.69) is 15.7 Å². The predicted molar refractivity (Wildman–Crippen MR) is 76.9 cm³/mol. The molecule has 0 saturated carbocycles. The number of nitrogens with zero attached hydrogens (tertiary/aromatic N) is 1. The number of nitrogens with two attached hydrogens (primary N) is 1. The van der Waals surface area contributed by atoms with Crippen LogP contribution in [0.4, 0.5) is 5.69 Å². The van der Waals surface area contributed by atoms with Crippen molar-refractivity contribution in [3.8, 4) is 11.5 Å². The van der Waals surface area contributed by atoms with Gasteiger partial charge in [-0.05, 0) is 25.5 Å². The normalized spacial score (nSPS) is 13.4. The molecule has 0 spiro atoms. The first-order valence-electron chi connectivity index (χ1n) is 6.59. The number of nitrogens with one attached hydrogen (secondary N) is 2. The number of fused-ring (bicyclic) bond motifs is 1. The molecule has 0 atom stereocenters. The van der Waals surface area contributed by atoms with Crippen molar-refractivity contribution in [1.82, 2.24) is 5.43 Å². The number of benzene rings is 1. The Kier molecular flexibility index (Phi) is 5.45. The van der Waals surface area contributed by atoms with Crippen molar-refractivity contribution >= 4 is 11.6 Å². The van der Waals surface area contributed by atoms with Gasteiger partial charge in [-0.15, -0.1) is 0 Å². The molecule has 0 fully saturated rings. The molecular weight excluding hydrogens is 260 g/mol. The Morgan fingerprint density at radius 2 is 2.25 bits per heavy atom. The molecule has 0 unspecified atom stereocenters. The van der Waals surface area contributed by atoms with Crippen molar-refractivity contribution in [3.63, 3.8) is 0 Å². The van der Waals surface area contributed by atoms with E-state index in [4.69, 9.17) is 20.1 Å². The Morgan fingerprint density at radius 1 is 1.40 bits per heavy atom. The summed E-state index contributed by atoms with van der Waals surface area (Å²) in [4.78, 5) is 4.32. The Balaban J connectivity index is 1.87. The summed E-state index contributed by atoms with van der Waals surface area (Å²) in [5.41, 5.74) is 3.36. The number of anilines is 1. The van der Waals surface area contributed by atoms with E-state index in [0.717, 1.165) is 24.5 Å². The first kappa shape index (κ1) is 14.4. The third-order valence-electron chi connectivity index (χ3n) is 2.69. The average molecular weight is 280 g/mol. The molecule has 7 nitrogen and oxygen atoms in total. The van der Waals surface area contributed by atoms with E-state index >= 15 is 0 Å². The van der Waals surface area contributed by atoms with Gasteiger partial charge in [-0.2, -0.15) is 0 Å². The third kappa shape index (κ3) is 4.01. The smallest absolute Gasteiger partial charge is 0.231 e. The number of hydrogen-bond donors (Lipinski definition) is 3. The zero-order valence-corrected chi connectivity index (χ0v) is 11.5. The summed E-state index contributed by atoms with van der Waals surface area (Å²) in [6.07, 6.45) is 0.849. The van der Waals surface area contributed by atoms with Crippen molar-refractivity contribution in [2.24, 2.45) is 10.8 Å². The van der Waals surface area contributed by atoms with E-state index in [-0.39, 0.29) is 6.79 Å². The molecule has 2 rings (SSSR count). The second-order valence-corrected chi connectivity index (χ2v) is 4.12. The molecule has 0 aliphatic carbocycles. The molecule has 1 heterocycles. The van der Waals surface area contributed by atoms with Crippen LogP contribution < -0.4 is 26.1 Å². The van der Waals surface area contributed by atoms with Gasteiger partial charge in [-0.25, -0.2) is 5.84 Å². The third-order valence-corrected chi connectivity index (χ3v) is 2.69. The second kappa shape index (κ2) is 7.56. The van der Waals surface area contributed by atoms with E-state index in [1.54, 1.807) is 0 Å². The van der Waals surface area contributed by atoms with E-state index in [9.17, 15) is 0 Å². The first-order chi connectivity index (χ1) is 9.83. The molecule has 1 aromatic rings. The summed E-state index contributed by atoms with van der Waals surface area (Å²) in [5.74, 6) is 7.40. The lowest BCUT2D eigenvalue weighted by atomic mass is 10.3. The molecule has 0 saturated heterocycles. The molecule has 0 amide bonds. The molecule has 1 aromatic carbocycles. The average Bonchev–Trinajstić information content (AvgIpc) is 2.93. The van der Waals surface area contributed by atoms with Gasteiger partial charge in [0.1, 0.15) is 0 Å². The van der Waals surface area contributed by atoms with Gasteiger partial charge >= 0.3 is 0 Å². The van der Waals surface area contributed by atoms with Crippen molar-refractivity contribution in [3.05, 3.63) is 18.2 Å². The minimum Gasteiger partial charge on any atom is -0.454 e. The highest BCUT2D eigenvalue weighted by molar-refractivity contribution is 5.93. The maximum Gasteiger partial charge on any atom is 0.231 e. The van der Waals surface area contributed by atoms with E-state index in [1.807, 2.05) is 25.1 Å². The fraction of sp³-hybridized carbons (Fsp3) is 0.462. The molecule has 0 aromatic heterocycles. The van der Waals surface area contributed by atoms with Gasteiger partial charge in [0.05, 0.1) is 0 Å². The Hall–Kier alpha value is -1.99. The highest BCUT2D eigenvalue weighted by Crippen LogP contribution is 2.34. The lowest BCUT2D eigenvalue weighted by Crippen LogP contribution is -2.36. The Morgan fingerprint density at radius 3 is 3.05 bits per heavy atom. The van der Waals surface area contributed by atoms with Crippen molar-refractivity contribution in [2.45, 2.75) is 13.3 Å². The lowest BCUT2D eigenvalue weighted by Gasteiger charge is -2.09. The van der Waals surface area contributed by atoms with Crippen LogP contribution in [-0.4, -0.2) is 32.5 Å². The number of hydrazine groups is 1. The summed E-state index contributed by atoms with van der Waals surface area (Å²) in [6.45, 7) is 4.28. The molecule has 20 heavy (non-hydrogen) atoms. The molecule has 4 N–H and O–H groups in total. The van der Waals surface area contributed by atoms with Crippen LogP contribution in [0, 0.1) is 0 Å². The molecule has 0 radical (unpaired) electrons. The number of rotatable bonds is 6. The number of ether oxygens (including phenoxy) is 3. The van der Waals surface area contributed by atoms with Crippen LogP contribution in [-0.2, 0) is 4.74 Å². The maximum atomic E-state index is 5.44. The van der Waals surface area contributed by atoms with Crippen LogP contribution in [0.5, 0.6) is 11.5 Å². The quantitative estimate of drug-likeness (QED) is 0.237. The predicted octanol–water partition coefficient (Wildman–Crippen LogP) is 1.07. The number of hydrogen-bond acceptors (Lipinski definition) is 5. The van der Waals surface area contributed by atoms with Crippen LogP contribution in [0.3, 0.4) is 0 Å². The highest BCUT2D eigenvalue weighted by atomic mass is 16.7. The standard InChI is InChI=1S/C13H20N4O3/c1-2-18-7-3-6-15-13(17-14)16-10-4-5-11-12(8-10)20-9-19-11/h4-5,8H,2-3,6-7,9,14H2,1H3,(H2,15,16,17). The topological polar surface area (TPSA) is 90.1 Å². The Labute approximate surface area is 118 Å². The largest absolute Gasteiger partial charge is 0.454 e. The molecule has 7 heteroatoms. The van der Waals surface area contributed by atoms with Gasteiger partial charge in [0, 0.05) is 31.5 Å². The van der Waals surface area contributed by atoms with Crippen LogP contribution in [0.2, 0.25) is 0 Å². The lowest BCUT2D eigenvalue weighted by molar-refractivity contribution is 0.146. The zero-order chi connectivity index (χ0) is 14.2. The monoisotopic (exact) mass is 280 g/mol. The fourth-order valence-electron chi connectivity index (χ4n) is 1.73. The van der Waals surface area contributed by atoms with Gasteiger partial charge in [-0.1, -0.05) is 0 Å². The maximum absolute atomic E-state index is 5.44. The van der Waals surface area contributed by atoms with Crippen LogP contribution in [0.25, 0.3) is 0 Å². The van der Waals surface area contributed by atoms with E-state index in [0.29, 0.717) is 24.9 Å². The minimum atomic E-state index is 0.256. The van der Waals surface area contributed by atoms with Crippen LogP contribution in [0.15, 0.2) is 23.2 Å². The van der Waals surface area contributed by atoms with Crippen LogP contribution in [0.1, 0.15) is 13.3 Å². The first-order valence-corrected chi connectivity index (χ1v) is 6.59. The van der Waals surface area contributed by atoms with Crippen molar-refractivity contribution in [1.29, 1.82) is 0 Å². The molecule has 110 valence electrons. The summed E-state index contributed by atoms with van der Waals surface area (Å²) < 4.78 is 15.8. The fourth-order valence-corrected chi connectivity index (χ4v) is 1.73. The van der Waals surface area contributed by atoms with E-state index in [1.165, 1.54) is 0 Å².